The van der Waals surface area contributed by atoms with E-state index in [0.717, 1.165) is 19.5 Å². The molecule has 1 saturated heterocycles. The summed E-state index contributed by atoms with van der Waals surface area (Å²) in [5.74, 6) is -0.966. The molecule has 9 heteroatoms. The van der Waals surface area contributed by atoms with Crippen molar-refractivity contribution in [2.45, 2.75) is 17.4 Å². The molecule has 2 heterocycles. The first-order chi connectivity index (χ1) is 11.5. The van der Waals surface area contributed by atoms with Crippen molar-refractivity contribution in [2.24, 2.45) is 0 Å². The molecule has 1 N–H and O–H groups in total. The van der Waals surface area contributed by atoms with Gasteiger partial charge in [-0.2, -0.15) is 0 Å². The van der Waals surface area contributed by atoms with Crippen molar-refractivity contribution in [3.8, 4) is 0 Å². The first-order valence-electron chi connectivity index (χ1n) is 7.31. The molecule has 0 radical (unpaired) electrons. The summed E-state index contributed by atoms with van der Waals surface area (Å²) in [5, 5.41) is 2.53. The van der Waals surface area contributed by atoms with Gasteiger partial charge in [-0.25, -0.2) is 9.78 Å². The summed E-state index contributed by atoms with van der Waals surface area (Å²) in [5.41, 5.74) is 0.891. The van der Waals surface area contributed by atoms with Crippen LogP contribution >= 0.6 is 23.1 Å². The number of nitrogens with zero attached hydrogens (tertiary/aromatic N) is 2. The second-order valence-electron chi connectivity index (χ2n) is 5.09. The van der Waals surface area contributed by atoms with Crippen LogP contribution in [0.3, 0.4) is 0 Å². The number of hydrogen-bond donors (Lipinski definition) is 1. The van der Waals surface area contributed by atoms with Crippen molar-refractivity contribution in [3.63, 3.8) is 0 Å². The number of hydrogen-bond acceptors (Lipinski definition) is 7. The molecule has 1 atom stereocenters. The highest BCUT2D eigenvalue weighted by molar-refractivity contribution is 8.01. The van der Waals surface area contributed by atoms with E-state index in [-0.39, 0.29) is 5.75 Å². The molecular formula is C15H15N3O4S2. The van der Waals surface area contributed by atoms with Crippen LogP contribution in [-0.2, 0) is 14.3 Å². The van der Waals surface area contributed by atoms with E-state index in [2.05, 4.69) is 10.3 Å². The normalized spacial score (nSPS) is 15.4. The Bertz CT molecular complexity index is 759. The average Bonchev–Trinajstić information content (AvgIpc) is 3.17. The standard InChI is InChI=1S/C15H15N3O4S2/c1-9(13(20)18-7-6-16-14(18)21)22-12(19)8-23-15-17-10-4-2-3-5-11(10)24-15/h2-5,9H,6-8H2,1H3,(H,16,21). The zero-order valence-corrected chi connectivity index (χ0v) is 14.5. The molecule has 0 bridgehead atoms. The second kappa shape index (κ2) is 7.18. The molecule has 0 saturated carbocycles. The van der Waals surface area contributed by atoms with Crippen LogP contribution in [0.25, 0.3) is 10.2 Å². The molecule has 3 rings (SSSR count). The van der Waals surface area contributed by atoms with Crippen LogP contribution in [0.1, 0.15) is 6.92 Å². The fourth-order valence-corrected chi connectivity index (χ4v) is 4.07. The summed E-state index contributed by atoms with van der Waals surface area (Å²) in [6.45, 7) is 2.17. The number of aromatic nitrogens is 1. The van der Waals surface area contributed by atoms with Gasteiger partial charge in [0, 0.05) is 13.1 Å². The van der Waals surface area contributed by atoms with Gasteiger partial charge in [0.05, 0.1) is 16.0 Å². The summed E-state index contributed by atoms with van der Waals surface area (Å²) in [4.78, 5) is 40.9. The molecule has 0 aliphatic carbocycles. The van der Waals surface area contributed by atoms with Crippen molar-refractivity contribution in [1.82, 2.24) is 15.2 Å². The van der Waals surface area contributed by atoms with Crippen LogP contribution in [0.5, 0.6) is 0 Å². The maximum absolute atomic E-state index is 12.1. The van der Waals surface area contributed by atoms with E-state index in [1.54, 1.807) is 0 Å². The van der Waals surface area contributed by atoms with Gasteiger partial charge in [-0.1, -0.05) is 23.9 Å². The van der Waals surface area contributed by atoms with Gasteiger partial charge < -0.3 is 10.1 Å². The van der Waals surface area contributed by atoms with Gasteiger partial charge in [-0.05, 0) is 19.1 Å². The third-order valence-electron chi connectivity index (χ3n) is 3.37. The number of carbonyl (C=O) groups excluding carboxylic acids is 3. The molecule has 1 aromatic carbocycles. The number of ether oxygens (including phenoxy) is 1. The van der Waals surface area contributed by atoms with Gasteiger partial charge in [0.15, 0.2) is 10.4 Å². The number of rotatable bonds is 5. The summed E-state index contributed by atoms with van der Waals surface area (Å²) in [6, 6.07) is 7.27. The van der Waals surface area contributed by atoms with Crippen LogP contribution in [0.15, 0.2) is 28.6 Å². The lowest BCUT2D eigenvalue weighted by atomic mass is 10.3. The van der Waals surface area contributed by atoms with Crippen molar-refractivity contribution in [2.75, 3.05) is 18.8 Å². The average molecular weight is 365 g/mol. The van der Waals surface area contributed by atoms with Crippen LogP contribution in [-0.4, -0.2) is 52.7 Å². The fraction of sp³-hybridized carbons (Fsp3) is 0.333. The van der Waals surface area contributed by atoms with Gasteiger partial charge in [0.25, 0.3) is 5.91 Å². The molecule has 0 spiro atoms. The number of urea groups is 1. The molecular weight excluding hydrogens is 350 g/mol. The Morgan fingerprint density at radius 1 is 1.46 bits per heavy atom. The SMILES string of the molecule is CC(OC(=O)CSc1nc2ccccc2s1)C(=O)N1CCNC1=O. The highest BCUT2D eigenvalue weighted by Gasteiger charge is 2.31. The fourth-order valence-electron chi connectivity index (χ4n) is 2.22. The number of amides is 3. The molecule has 24 heavy (non-hydrogen) atoms. The number of nitrogens with one attached hydrogen (secondary N) is 1. The number of imide groups is 1. The number of thiazole rings is 1. The van der Waals surface area contributed by atoms with E-state index >= 15 is 0 Å². The third kappa shape index (κ3) is 3.68. The molecule has 2 aromatic rings. The second-order valence-corrected chi connectivity index (χ2v) is 7.34. The Morgan fingerprint density at radius 2 is 2.25 bits per heavy atom. The van der Waals surface area contributed by atoms with E-state index in [1.165, 1.54) is 30.0 Å². The molecule has 1 unspecified atom stereocenters. The van der Waals surface area contributed by atoms with Gasteiger partial charge in [0.1, 0.15) is 0 Å². The number of benzene rings is 1. The van der Waals surface area contributed by atoms with Crippen LogP contribution in [0, 0.1) is 0 Å². The van der Waals surface area contributed by atoms with Crippen LogP contribution in [0.4, 0.5) is 4.79 Å². The van der Waals surface area contributed by atoms with Crippen LogP contribution < -0.4 is 5.32 Å². The monoisotopic (exact) mass is 365 g/mol. The zero-order chi connectivity index (χ0) is 17.1. The lowest BCUT2D eigenvalue weighted by Crippen LogP contribution is -2.42. The molecule has 3 amide bonds. The predicted octanol–water partition coefficient (Wildman–Crippen LogP) is 1.87. The van der Waals surface area contributed by atoms with Gasteiger partial charge >= 0.3 is 12.0 Å². The van der Waals surface area contributed by atoms with Gasteiger partial charge in [-0.15, -0.1) is 11.3 Å². The van der Waals surface area contributed by atoms with E-state index in [1.807, 2.05) is 24.3 Å². The Kier molecular flexibility index (Phi) is 5.00. The Hall–Kier alpha value is -2.13. The van der Waals surface area contributed by atoms with Crippen molar-refractivity contribution in [3.05, 3.63) is 24.3 Å². The highest BCUT2D eigenvalue weighted by Crippen LogP contribution is 2.29. The first-order valence-corrected chi connectivity index (χ1v) is 9.12. The van der Waals surface area contributed by atoms with E-state index in [9.17, 15) is 14.4 Å². The minimum atomic E-state index is -0.989. The molecule has 1 aromatic heterocycles. The number of esters is 1. The number of para-hydroxylation sites is 1. The maximum Gasteiger partial charge on any atom is 0.324 e. The summed E-state index contributed by atoms with van der Waals surface area (Å²) >= 11 is 2.77. The molecule has 1 aliphatic rings. The van der Waals surface area contributed by atoms with E-state index in [0.29, 0.717) is 13.1 Å². The minimum Gasteiger partial charge on any atom is -0.452 e. The topological polar surface area (TPSA) is 88.6 Å². The largest absolute Gasteiger partial charge is 0.452 e. The maximum atomic E-state index is 12.1. The first kappa shape index (κ1) is 16.7. The van der Waals surface area contributed by atoms with Crippen LogP contribution in [0.2, 0.25) is 0 Å². The number of fused-ring (bicyclic) bond motifs is 1. The van der Waals surface area contributed by atoms with Crippen molar-refractivity contribution in [1.29, 1.82) is 0 Å². The summed E-state index contributed by atoms with van der Waals surface area (Å²) in [7, 11) is 0. The minimum absolute atomic E-state index is 0.0592. The third-order valence-corrected chi connectivity index (χ3v) is 5.52. The smallest absolute Gasteiger partial charge is 0.324 e. The lowest BCUT2D eigenvalue weighted by molar-refractivity contribution is -0.155. The van der Waals surface area contributed by atoms with Crippen molar-refractivity contribution < 1.29 is 19.1 Å². The summed E-state index contributed by atoms with van der Waals surface area (Å²) in [6.07, 6.45) is -0.989. The van der Waals surface area contributed by atoms with E-state index < -0.39 is 24.0 Å². The predicted molar refractivity (Wildman–Crippen MR) is 91.0 cm³/mol. The molecule has 7 nitrogen and oxygen atoms in total. The molecule has 1 fully saturated rings. The van der Waals surface area contributed by atoms with Crippen molar-refractivity contribution >= 4 is 51.2 Å². The number of carbonyl (C=O) groups is 3. The quantitative estimate of drug-likeness (QED) is 0.643. The Morgan fingerprint density at radius 3 is 2.96 bits per heavy atom. The summed E-state index contributed by atoms with van der Waals surface area (Å²) < 4.78 is 6.94. The van der Waals surface area contributed by atoms with Gasteiger partial charge in [0.2, 0.25) is 0 Å². The molecule has 1 aliphatic heterocycles. The number of thioether (sulfide) groups is 1. The zero-order valence-electron chi connectivity index (χ0n) is 12.9. The van der Waals surface area contributed by atoms with Gasteiger partial charge in [-0.3, -0.25) is 14.5 Å². The molecule has 126 valence electrons. The Labute approximate surface area is 146 Å². The highest BCUT2D eigenvalue weighted by atomic mass is 32.2. The van der Waals surface area contributed by atoms with E-state index in [4.69, 9.17) is 4.74 Å². The Balaban J connectivity index is 1.51. The lowest BCUT2D eigenvalue weighted by Gasteiger charge is -2.17.